The number of anilines is 2. The van der Waals surface area contributed by atoms with Crippen molar-refractivity contribution in [2.24, 2.45) is 5.41 Å². The molecule has 1 rings (SSSR count). The van der Waals surface area contributed by atoms with Crippen molar-refractivity contribution in [3.63, 3.8) is 0 Å². The smallest absolute Gasteiger partial charge is 0.224 e. The zero-order valence-electron chi connectivity index (χ0n) is 13.4. The highest BCUT2D eigenvalue weighted by molar-refractivity contribution is 5.43. The van der Waals surface area contributed by atoms with Crippen LogP contribution in [0.15, 0.2) is 6.07 Å². The van der Waals surface area contributed by atoms with Crippen LogP contribution in [0.2, 0.25) is 0 Å². The van der Waals surface area contributed by atoms with Crippen molar-refractivity contribution in [1.82, 2.24) is 9.97 Å². The van der Waals surface area contributed by atoms with Crippen molar-refractivity contribution in [3.8, 4) is 0 Å². The Labute approximate surface area is 117 Å². The van der Waals surface area contributed by atoms with E-state index in [4.69, 9.17) is 0 Å². The third kappa shape index (κ3) is 5.90. The predicted molar refractivity (Wildman–Crippen MR) is 82.7 cm³/mol. The van der Waals surface area contributed by atoms with E-state index in [1.165, 1.54) is 0 Å². The number of aromatic nitrogens is 2. The quantitative estimate of drug-likeness (QED) is 0.848. The van der Waals surface area contributed by atoms with E-state index in [0.29, 0.717) is 5.95 Å². The molecule has 0 spiro atoms. The summed E-state index contributed by atoms with van der Waals surface area (Å²) in [5.41, 5.74) is 1.26. The summed E-state index contributed by atoms with van der Waals surface area (Å²) >= 11 is 0. The molecule has 1 aromatic rings. The normalized spacial score (nSPS) is 12.4. The number of aryl methyl sites for hydroxylation is 1. The minimum Gasteiger partial charge on any atom is -0.365 e. The second-order valence-electron chi connectivity index (χ2n) is 6.99. The molecule has 0 fully saturated rings. The first-order valence-corrected chi connectivity index (χ1v) is 6.99. The van der Waals surface area contributed by atoms with Gasteiger partial charge in [-0.05, 0) is 39.5 Å². The molecule has 0 aliphatic rings. The van der Waals surface area contributed by atoms with Gasteiger partial charge in [-0.1, -0.05) is 20.8 Å². The maximum absolute atomic E-state index is 4.51. The fraction of sp³-hybridized carbons (Fsp3) is 0.733. The van der Waals surface area contributed by atoms with Crippen LogP contribution in [0.25, 0.3) is 0 Å². The molecule has 0 aliphatic heterocycles. The monoisotopic (exact) mass is 264 g/mol. The van der Waals surface area contributed by atoms with Crippen LogP contribution in [-0.2, 0) is 0 Å². The molecule has 4 nitrogen and oxygen atoms in total. The summed E-state index contributed by atoms with van der Waals surface area (Å²) in [6.45, 7) is 16.1. The first-order chi connectivity index (χ1) is 8.61. The van der Waals surface area contributed by atoms with Crippen LogP contribution in [0.3, 0.4) is 0 Å². The van der Waals surface area contributed by atoms with Gasteiger partial charge in [0.25, 0.3) is 0 Å². The molecule has 0 saturated carbocycles. The minimum absolute atomic E-state index is 0.00251. The lowest BCUT2D eigenvalue weighted by Crippen LogP contribution is -2.35. The molecule has 0 amide bonds. The Morgan fingerprint density at radius 3 is 2.26 bits per heavy atom. The van der Waals surface area contributed by atoms with E-state index in [0.717, 1.165) is 24.5 Å². The van der Waals surface area contributed by atoms with Gasteiger partial charge in [0.1, 0.15) is 5.82 Å². The zero-order valence-corrected chi connectivity index (χ0v) is 13.4. The summed E-state index contributed by atoms with van der Waals surface area (Å²) in [6, 6.07) is 1.99. The molecular weight excluding hydrogens is 236 g/mol. The third-order valence-corrected chi connectivity index (χ3v) is 2.63. The van der Waals surface area contributed by atoms with Gasteiger partial charge < -0.3 is 10.6 Å². The largest absolute Gasteiger partial charge is 0.365 e. The molecule has 1 heterocycles. The lowest BCUT2D eigenvalue weighted by atomic mass is 9.82. The molecule has 0 saturated heterocycles. The van der Waals surface area contributed by atoms with E-state index in [9.17, 15) is 0 Å². The van der Waals surface area contributed by atoms with Gasteiger partial charge in [-0.3, -0.25) is 0 Å². The van der Waals surface area contributed by atoms with Gasteiger partial charge in [0.2, 0.25) is 5.95 Å². The van der Waals surface area contributed by atoms with Gasteiger partial charge in [0.05, 0.1) is 0 Å². The molecule has 108 valence electrons. The Kier molecular flexibility index (Phi) is 4.77. The maximum Gasteiger partial charge on any atom is 0.224 e. The Morgan fingerprint density at radius 1 is 1.11 bits per heavy atom. The molecule has 0 atom stereocenters. The van der Waals surface area contributed by atoms with Crippen molar-refractivity contribution in [2.45, 2.75) is 60.4 Å². The predicted octanol–water partition coefficient (Wildman–Crippen LogP) is 3.84. The van der Waals surface area contributed by atoms with E-state index < -0.39 is 0 Å². The van der Waals surface area contributed by atoms with Gasteiger partial charge >= 0.3 is 0 Å². The van der Waals surface area contributed by atoms with Gasteiger partial charge in [-0.2, -0.15) is 4.98 Å². The molecule has 1 aromatic heterocycles. The maximum atomic E-state index is 4.51. The first-order valence-electron chi connectivity index (χ1n) is 6.99. The molecule has 2 N–H and O–H groups in total. The number of nitrogens with zero attached hydrogens (tertiary/aromatic N) is 2. The van der Waals surface area contributed by atoms with E-state index in [2.05, 4.69) is 55.2 Å². The number of hydrogen-bond acceptors (Lipinski definition) is 4. The highest BCUT2D eigenvalue weighted by atomic mass is 15.2. The zero-order chi connectivity index (χ0) is 14.7. The fourth-order valence-electron chi connectivity index (χ4n) is 2.59. The van der Waals surface area contributed by atoms with Crippen molar-refractivity contribution in [1.29, 1.82) is 0 Å². The van der Waals surface area contributed by atoms with Gasteiger partial charge in [0.15, 0.2) is 0 Å². The summed E-state index contributed by atoms with van der Waals surface area (Å²) in [6.07, 6.45) is 1.07. The number of hydrogen-bond donors (Lipinski definition) is 2. The van der Waals surface area contributed by atoms with Crippen LogP contribution in [0, 0.1) is 12.3 Å². The third-order valence-electron chi connectivity index (χ3n) is 2.63. The Balaban J connectivity index is 2.86. The second kappa shape index (κ2) is 5.76. The lowest BCUT2D eigenvalue weighted by Gasteiger charge is -2.33. The summed E-state index contributed by atoms with van der Waals surface area (Å²) in [7, 11) is 0. The molecule has 4 heteroatoms. The van der Waals surface area contributed by atoms with Crippen LogP contribution in [0.1, 0.15) is 53.7 Å². The standard InChI is InChI=1S/C15H28N4/c1-8-16-13-17-11(2)9-12(18-13)19-15(6,7)10-14(3,4)5/h9H,8,10H2,1-7H3,(H2,16,17,18,19). The molecular formula is C15H28N4. The average molecular weight is 264 g/mol. The highest BCUT2D eigenvalue weighted by Gasteiger charge is 2.25. The number of rotatable bonds is 5. The first kappa shape index (κ1) is 15.7. The Hall–Kier alpha value is -1.32. The van der Waals surface area contributed by atoms with Crippen molar-refractivity contribution in [2.75, 3.05) is 17.2 Å². The van der Waals surface area contributed by atoms with Crippen LogP contribution < -0.4 is 10.6 Å². The topological polar surface area (TPSA) is 49.8 Å². The number of nitrogens with one attached hydrogen (secondary N) is 2. The average Bonchev–Trinajstić information content (AvgIpc) is 2.10. The van der Waals surface area contributed by atoms with Crippen molar-refractivity contribution in [3.05, 3.63) is 11.8 Å². The van der Waals surface area contributed by atoms with Crippen LogP contribution in [-0.4, -0.2) is 22.1 Å². The van der Waals surface area contributed by atoms with E-state index in [1.54, 1.807) is 0 Å². The lowest BCUT2D eigenvalue weighted by molar-refractivity contribution is 0.302. The van der Waals surface area contributed by atoms with Crippen LogP contribution in [0.5, 0.6) is 0 Å². The molecule has 0 aliphatic carbocycles. The molecule has 0 radical (unpaired) electrons. The molecule has 0 bridgehead atoms. The SMILES string of the molecule is CCNc1nc(C)cc(NC(C)(C)CC(C)(C)C)n1. The van der Waals surface area contributed by atoms with Crippen molar-refractivity contribution >= 4 is 11.8 Å². The van der Waals surface area contributed by atoms with E-state index in [-0.39, 0.29) is 11.0 Å². The summed E-state index contributed by atoms with van der Waals surface area (Å²) < 4.78 is 0. The van der Waals surface area contributed by atoms with E-state index in [1.807, 2.05) is 19.9 Å². The van der Waals surface area contributed by atoms with Crippen molar-refractivity contribution < 1.29 is 0 Å². The van der Waals surface area contributed by atoms with Gasteiger partial charge in [-0.25, -0.2) is 4.98 Å². The minimum atomic E-state index is 0.00251. The molecule has 19 heavy (non-hydrogen) atoms. The second-order valence-corrected chi connectivity index (χ2v) is 6.99. The fourth-order valence-corrected chi connectivity index (χ4v) is 2.59. The van der Waals surface area contributed by atoms with Crippen LogP contribution >= 0.6 is 0 Å². The summed E-state index contributed by atoms with van der Waals surface area (Å²) in [5, 5.41) is 6.68. The van der Waals surface area contributed by atoms with Gasteiger partial charge in [0, 0.05) is 23.8 Å². The molecule has 0 unspecified atom stereocenters. The van der Waals surface area contributed by atoms with E-state index >= 15 is 0 Å². The van der Waals surface area contributed by atoms with Crippen LogP contribution in [0.4, 0.5) is 11.8 Å². The van der Waals surface area contributed by atoms with Gasteiger partial charge in [-0.15, -0.1) is 0 Å². The molecule has 0 aromatic carbocycles. The Bertz CT molecular complexity index is 419. The summed E-state index contributed by atoms with van der Waals surface area (Å²) in [4.78, 5) is 8.87. The highest BCUT2D eigenvalue weighted by Crippen LogP contribution is 2.29. The Morgan fingerprint density at radius 2 is 1.74 bits per heavy atom. The summed E-state index contributed by atoms with van der Waals surface area (Å²) in [5.74, 6) is 1.58.